The largest absolute Gasteiger partial charge is 0.484 e. The van der Waals surface area contributed by atoms with Crippen molar-refractivity contribution in [2.45, 2.75) is 6.61 Å². The highest BCUT2D eigenvalue weighted by atomic mass is 35.5. The minimum atomic E-state index is -1.02. The molecule has 0 radical (unpaired) electrons. The zero-order valence-corrected chi connectivity index (χ0v) is 9.29. The van der Waals surface area contributed by atoms with E-state index in [9.17, 15) is 8.78 Å². The average Bonchev–Trinajstić information content (AvgIpc) is 2.33. The molecule has 0 N–H and O–H groups in total. The first-order valence-electron chi connectivity index (χ1n) is 4.70. The van der Waals surface area contributed by atoms with Gasteiger partial charge in [0.2, 0.25) is 5.82 Å². The lowest BCUT2D eigenvalue weighted by atomic mass is 10.3. The molecule has 0 unspecified atom stereocenters. The first-order chi connectivity index (χ1) is 8.16. The third-order valence-electron chi connectivity index (χ3n) is 1.97. The van der Waals surface area contributed by atoms with Crippen molar-refractivity contribution < 1.29 is 13.5 Å². The Kier molecular flexibility index (Phi) is 3.49. The predicted octanol–water partition coefficient (Wildman–Crippen LogP) is 2.99. The van der Waals surface area contributed by atoms with E-state index in [0.717, 1.165) is 6.07 Å². The molecular formula is C11H7ClF2N2O. The molecule has 0 aliphatic heterocycles. The van der Waals surface area contributed by atoms with E-state index >= 15 is 0 Å². The highest BCUT2D eigenvalue weighted by molar-refractivity contribution is 6.29. The molecule has 2 aromatic rings. The summed E-state index contributed by atoms with van der Waals surface area (Å²) >= 11 is 5.55. The number of hydrogen-bond acceptors (Lipinski definition) is 3. The van der Waals surface area contributed by atoms with Crippen molar-refractivity contribution in [1.29, 1.82) is 0 Å². The summed E-state index contributed by atoms with van der Waals surface area (Å²) in [5.41, 5.74) is 0.470. The van der Waals surface area contributed by atoms with Crippen LogP contribution in [-0.2, 0) is 6.61 Å². The monoisotopic (exact) mass is 256 g/mol. The lowest BCUT2D eigenvalue weighted by Gasteiger charge is -2.06. The van der Waals surface area contributed by atoms with Gasteiger partial charge in [0, 0.05) is 0 Å². The highest BCUT2D eigenvalue weighted by Gasteiger charge is 2.08. The fourth-order valence-corrected chi connectivity index (χ4v) is 1.26. The Balaban J connectivity index is 2.07. The number of rotatable bonds is 3. The van der Waals surface area contributed by atoms with Gasteiger partial charge in [0.15, 0.2) is 11.6 Å². The molecule has 0 fully saturated rings. The number of ether oxygens (including phenoxy) is 1. The van der Waals surface area contributed by atoms with Crippen molar-refractivity contribution >= 4 is 11.6 Å². The predicted molar refractivity (Wildman–Crippen MR) is 57.7 cm³/mol. The van der Waals surface area contributed by atoms with E-state index in [1.807, 2.05) is 0 Å². The fourth-order valence-electron chi connectivity index (χ4n) is 1.16. The van der Waals surface area contributed by atoms with Gasteiger partial charge in [-0.2, -0.15) is 4.39 Å². The van der Waals surface area contributed by atoms with E-state index in [-0.39, 0.29) is 17.5 Å². The summed E-state index contributed by atoms with van der Waals surface area (Å²) in [5.74, 6) is -2.14. The number of hydrogen-bond donors (Lipinski definition) is 0. The van der Waals surface area contributed by atoms with Crippen molar-refractivity contribution in [3.63, 3.8) is 0 Å². The molecule has 1 aromatic heterocycles. The Morgan fingerprint density at radius 2 is 2.00 bits per heavy atom. The van der Waals surface area contributed by atoms with Gasteiger partial charge in [-0.15, -0.1) is 0 Å². The Labute approximate surface area is 101 Å². The summed E-state index contributed by atoms with van der Waals surface area (Å²) in [4.78, 5) is 7.70. The molecule has 0 atom stereocenters. The van der Waals surface area contributed by atoms with Gasteiger partial charge in [-0.3, -0.25) is 4.98 Å². The molecule has 0 aliphatic rings. The summed E-state index contributed by atoms with van der Waals surface area (Å²) in [5, 5.41) is 0.255. The van der Waals surface area contributed by atoms with Crippen LogP contribution >= 0.6 is 11.6 Å². The van der Waals surface area contributed by atoms with Crippen LogP contribution in [0.1, 0.15) is 5.69 Å². The van der Waals surface area contributed by atoms with Crippen LogP contribution < -0.4 is 4.74 Å². The third-order valence-corrected chi connectivity index (χ3v) is 2.16. The van der Waals surface area contributed by atoms with Crippen molar-refractivity contribution in [2.24, 2.45) is 0 Å². The Morgan fingerprint density at radius 3 is 2.71 bits per heavy atom. The smallest absolute Gasteiger partial charge is 0.200 e. The zero-order valence-electron chi connectivity index (χ0n) is 8.53. The number of aromatic nitrogens is 2. The molecule has 1 heterocycles. The summed E-state index contributed by atoms with van der Waals surface area (Å²) in [6.45, 7) is -0.00938. The van der Waals surface area contributed by atoms with E-state index in [2.05, 4.69) is 9.97 Å². The molecule has 6 heteroatoms. The van der Waals surface area contributed by atoms with Crippen molar-refractivity contribution in [1.82, 2.24) is 9.97 Å². The summed E-state index contributed by atoms with van der Waals surface area (Å²) < 4.78 is 31.2. The Morgan fingerprint density at radius 1 is 1.18 bits per heavy atom. The van der Waals surface area contributed by atoms with Crippen molar-refractivity contribution in [3.8, 4) is 5.75 Å². The van der Waals surface area contributed by atoms with Gasteiger partial charge in [-0.25, -0.2) is 9.37 Å². The molecular weight excluding hydrogens is 250 g/mol. The minimum absolute atomic E-state index is 0.00938. The van der Waals surface area contributed by atoms with Crippen LogP contribution in [0.4, 0.5) is 8.78 Å². The Hall–Kier alpha value is -1.75. The van der Waals surface area contributed by atoms with Crippen LogP contribution in [0, 0.1) is 11.6 Å². The molecule has 1 aromatic carbocycles. The topological polar surface area (TPSA) is 35.0 Å². The fraction of sp³-hybridized carbons (Fsp3) is 0.0909. The van der Waals surface area contributed by atoms with Crippen molar-refractivity contribution in [2.75, 3.05) is 0 Å². The minimum Gasteiger partial charge on any atom is -0.484 e. The molecule has 0 spiro atoms. The van der Waals surface area contributed by atoms with Crippen LogP contribution in [0.15, 0.2) is 30.6 Å². The van der Waals surface area contributed by atoms with Crippen LogP contribution in [0.25, 0.3) is 0 Å². The van der Waals surface area contributed by atoms with Gasteiger partial charge in [0.25, 0.3) is 0 Å². The van der Waals surface area contributed by atoms with Crippen LogP contribution in [0.2, 0.25) is 5.15 Å². The molecule has 3 nitrogen and oxygen atoms in total. The van der Waals surface area contributed by atoms with E-state index in [1.165, 1.54) is 24.5 Å². The molecule has 2 rings (SSSR count). The third kappa shape index (κ3) is 2.88. The molecule has 88 valence electrons. The standard InChI is InChI=1S/C11H7ClF2N2O/c12-10-5-15-7(4-16-10)6-17-9-3-1-2-8(13)11(9)14/h1-5H,6H2. The van der Waals surface area contributed by atoms with Crippen LogP contribution in [-0.4, -0.2) is 9.97 Å². The molecule has 0 amide bonds. The molecule has 17 heavy (non-hydrogen) atoms. The van der Waals surface area contributed by atoms with Crippen LogP contribution in [0.5, 0.6) is 5.75 Å². The summed E-state index contributed by atoms with van der Waals surface area (Å²) in [6.07, 6.45) is 2.75. The SMILES string of the molecule is Fc1cccc(OCc2cnc(Cl)cn2)c1F. The van der Waals surface area contributed by atoms with Gasteiger partial charge in [0.1, 0.15) is 11.8 Å². The number of nitrogens with zero attached hydrogens (tertiary/aromatic N) is 2. The maximum absolute atomic E-state index is 13.2. The quantitative estimate of drug-likeness (QED) is 0.847. The van der Waals surface area contributed by atoms with Crippen LogP contribution in [0.3, 0.4) is 0 Å². The van der Waals surface area contributed by atoms with Gasteiger partial charge in [-0.1, -0.05) is 17.7 Å². The Bertz CT molecular complexity index is 519. The second-order valence-electron chi connectivity index (χ2n) is 3.17. The van der Waals surface area contributed by atoms with Gasteiger partial charge >= 0.3 is 0 Å². The molecule has 0 saturated heterocycles. The highest BCUT2D eigenvalue weighted by Crippen LogP contribution is 2.19. The van der Waals surface area contributed by atoms with Gasteiger partial charge in [0.05, 0.1) is 18.1 Å². The van der Waals surface area contributed by atoms with Gasteiger partial charge < -0.3 is 4.74 Å². The molecule has 0 saturated carbocycles. The first kappa shape index (κ1) is 11.7. The summed E-state index contributed by atoms with van der Waals surface area (Å²) in [6, 6.07) is 3.72. The lowest BCUT2D eigenvalue weighted by molar-refractivity contribution is 0.280. The van der Waals surface area contributed by atoms with E-state index in [4.69, 9.17) is 16.3 Å². The second-order valence-corrected chi connectivity index (χ2v) is 3.56. The molecule has 0 bridgehead atoms. The number of halogens is 3. The van der Waals surface area contributed by atoms with E-state index in [0.29, 0.717) is 5.69 Å². The molecule has 0 aliphatic carbocycles. The second kappa shape index (κ2) is 5.05. The summed E-state index contributed by atoms with van der Waals surface area (Å²) in [7, 11) is 0. The number of benzene rings is 1. The van der Waals surface area contributed by atoms with E-state index in [1.54, 1.807) is 0 Å². The lowest BCUT2D eigenvalue weighted by Crippen LogP contribution is -2.01. The normalized spacial score (nSPS) is 10.3. The van der Waals surface area contributed by atoms with Gasteiger partial charge in [-0.05, 0) is 12.1 Å². The first-order valence-corrected chi connectivity index (χ1v) is 5.08. The van der Waals surface area contributed by atoms with E-state index < -0.39 is 11.6 Å². The average molecular weight is 257 g/mol. The maximum atomic E-state index is 13.2. The zero-order chi connectivity index (χ0) is 12.3. The van der Waals surface area contributed by atoms with Crippen molar-refractivity contribution in [3.05, 3.63) is 53.1 Å². The maximum Gasteiger partial charge on any atom is 0.200 e.